The van der Waals surface area contributed by atoms with Crippen LogP contribution in [0.1, 0.15) is 15.2 Å². The SMILES string of the molecule is N/C(Cc1ccc(Cl)cc1)=N\OC(=O)c1cccs1. The number of halogens is 1. The fourth-order valence-corrected chi connectivity index (χ4v) is 2.10. The van der Waals surface area contributed by atoms with Crippen molar-refractivity contribution in [2.45, 2.75) is 6.42 Å². The quantitative estimate of drug-likeness (QED) is 0.408. The standard InChI is InChI=1S/C13H11ClN2O2S/c14-10-5-3-9(4-6-10)8-12(15)16-18-13(17)11-2-1-7-19-11/h1-7H,8H2,(H2,15,16). The molecule has 1 aromatic heterocycles. The monoisotopic (exact) mass is 294 g/mol. The first kappa shape index (κ1) is 13.6. The number of carbonyl (C=O) groups excluding carboxylic acids is 1. The van der Waals surface area contributed by atoms with E-state index in [4.69, 9.17) is 22.2 Å². The summed E-state index contributed by atoms with van der Waals surface area (Å²) in [7, 11) is 0. The molecule has 6 heteroatoms. The average molecular weight is 295 g/mol. The van der Waals surface area contributed by atoms with Crippen molar-refractivity contribution in [2.75, 3.05) is 0 Å². The molecule has 0 fully saturated rings. The second kappa shape index (κ2) is 6.36. The smallest absolute Gasteiger partial charge is 0.375 e. The van der Waals surface area contributed by atoms with E-state index in [0.717, 1.165) is 5.56 Å². The first-order chi connectivity index (χ1) is 9.15. The topological polar surface area (TPSA) is 64.7 Å². The summed E-state index contributed by atoms with van der Waals surface area (Å²) < 4.78 is 0. The third-order valence-electron chi connectivity index (χ3n) is 2.27. The van der Waals surface area contributed by atoms with E-state index in [1.54, 1.807) is 29.6 Å². The van der Waals surface area contributed by atoms with Gasteiger partial charge in [0.2, 0.25) is 0 Å². The van der Waals surface area contributed by atoms with Crippen LogP contribution < -0.4 is 5.73 Å². The number of rotatable bonds is 4. The van der Waals surface area contributed by atoms with E-state index in [1.807, 2.05) is 12.1 Å². The highest BCUT2D eigenvalue weighted by molar-refractivity contribution is 7.11. The second-order valence-electron chi connectivity index (χ2n) is 3.74. The Morgan fingerprint density at radius 1 is 1.32 bits per heavy atom. The first-order valence-electron chi connectivity index (χ1n) is 5.47. The summed E-state index contributed by atoms with van der Waals surface area (Å²) in [4.78, 5) is 16.8. The Bertz CT molecular complexity index is 579. The normalized spacial score (nSPS) is 11.3. The van der Waals surface area contributed by atoms with Crippen molar-refractivity contribution < 1.29 is 9.63 Å². The summed E-state index contributed by atoms with van der Waals surface area (Å²) in [6, 6.07) is 10.6. The predicted octanol–water partition coefficient (Wildman–Crippen LogP) is 3.07. The number of nitrogens with two attached hydrogens (primary N) is 1. The van der Waals surface area contributed by atoms with Gasteiger partial charge in [0, 0.05) is 11.4 Å². The van der Waals surface area contributed by atoms with Crippen LogP contribution >= 0.6 is 22.9 Å². The second-order valence-corrected chi connectivity index (χ2v) is 5.13. The zero-order chi connectivity index (χ0) is 13.7. The Morgan fingerprint density at radius 3 is 2.68 bits per heavy atom. The maximum Gasteiger partial charge on any atom is 0.375 e. The van der Waals surface area contributed by atoms with E-state index in [9.17, 15) is 4.79 Å². The van der Waals surface area contributed by atoms with Gasteiger partial charge in [0.15, 0.2) is 0 Å². The van der Waals surface area contributed by atoms with Gasteiger partial charge in [-0.2, -0.15) is 0 Å². The van der Waals surface area contributed by atoms with Crippen LogP contribution in [0.3, 0.4) is 0 Å². The number of hydrogen-bond acceptors (Lipinski definition) is 4. The van der Waals surface area contributed by atoms with Gasteiger partial charge < -0.3 is 10.6 Å². The summed E-state index contributed by atoms with van der Waals surface area (Å²) in [5.74, 6) is -0.277. The van der Waals surface area contributed by atoms with Crippen molar-refractivity contribution in [3.63, 3.8) is 0 Å². The van der Waals surface area contributed by atoms with Gasteiger partial charge in [-0.3, -0.25) is 0 Å². The number of amidine groups is 1. The lowest BCUT2D eigenvalue weighted by molar-refractivity contribution is 0.0520. The molecule has 0 amide bonds. The Hall–Kier alpha value is -1.85. The van der Waals surface area contributed by atoms with Crippen molar-refractivity contribution in [3.05, 3.63) is 57.2 Å². The van der Waals surface area contributed by atoms with Crippen LogP contribution in [0.4, 0.5) is 0 Å². The lowest BCUT2D eigenvalue weighted by atomic mass is 10.1. The average Bonchev–Trinajstić information content (AvgIpc) is 2.93. The lowest BCUT2D eigenvalue weighted by Gasteiger charge is -2.01. The summed E-state index contributed by atoms with van der Waals surface area (Å²) in [5, 5.41) is 6.06. The molecule has 0 saturated carbocycles. The van der Waals surface area contributed by atoms with E-state index < -0.39 is 5.97 Å². The minimum Gasteiger partial charge on any atom is -0.384 e. The zero-order valence-electron chi connectivity index (χ0n) is 9.88. The molecule has 2 aromatic rings. The van der Waals surface area contributed by atoms with Crippen molar-refractivity contribution >= 4 is 34.7 Å². The summed E-state index contributed by atoms with van der Waals surface area (Å²) >= 11 is 7.07. The molecule has 2 N–H and O–H groups in total. The Balaban J connectivity index is 1.92. The molecule has 19 heavy (non-hydrogen) atoms. The van der Waals surface area contributed by atoms with Gasteiger partial charge in [-0.05, 0) is 29.1 Å². The summed E-state index contributed by atoms with van der Waals surface area (Å²) in [6.07, 6.45) is 0.398. The molecule has 0 aliphatic carbocycles. The minimum absolute atomic E-state index is 0.229. The minimum atomic E-state index is -0.506. The van der Waals surface area contributed by atoms with Crippen molar-refractivity contribution in [1.29, 1.82) is 0 Å². The van der Waals surface area contributed by atoms with Crippen LogP contribution in [0.5, 0.6) is 0 Å². The molecular formula is C13H11ClN2O2S. The fourth-order valence-electron chi connectivity index (χ4n) is 1.38. The van der Waals surface area contributed by atoms with Crippen LogP contribution in [0.25, 0.3) is 0 Å². The molecule has 0 unspecified atom stereocenters. The van der Waals surface area contributed by atoms with Crippen LogP contribution in [-0.4, -0.2) is 11.8 Å². The maximum absolute atomic E-state index is 11.5. The fraction of sp³-hybridized carbons (Fsp3) is 0.0769. The molecule has 4 nitrogen and oxygen atoms in total. The number of nitrogens with zero attached hydrogens (tertiary/aromatic N) is 1. The molecule has 98 valence electrons. The highest BCUT2D eigenvalue weighted by atomic mass is 35.5. The Morgan fingerprint density at radius 2 is 2.05 bits per heavy atom. The van der Waals surface area contributed by atoms with Crippen molar-refractivity contribution in [1.82, 2.24) is 0 Å². The molecule has 1 heterocycles. The number of thiophene rings is 1. The van der Waals surface area contributed by atoms with Crippen molar-refractivity contribution in [3.8, 4) is 0 Å². The highest BCUT2D eigenvalue weighted by Gasteiger charge is 2.08. The maximum atomic E-state index is 11.5. The van der Waals surface area contributed by atoms with Gasteiger partial charge >= 0.3 is 5.97 Å². The van der Waals surface area contributed by atoms with E-state index in [-0.39, 0.29) is 5.84 Å². The lowest BCUT2D eigenvalue weighted by Crippen LogP contribution is -2.16. The van der Waals surface area contributed by atoms with Gasteiger partial charge in [0.25, 0.3) is 0 Å². The van der Waals surface area contributed by atoms with Gasteiger partial charge in [-0.1, -0.05) is 35.0 Å². The van der Waals surface area contributed by atoms with Crippen molar-refractivity contribution in [2.24, 2.45) is 10.9 Å². The molecular weight excluding hydrogens is 284 g/mol. The molecule has 2 rings (SSSR count). The molecule has 0 radical (unpaired) electrons. The summed E-state index contributed by atoms with van der Waals surface area (Å²) in [6.45, 7) is 0. The largest absolute Gasteiger partial charge is 0.384 e. The van der Waals surface area contributed by atoms with Crippen LogP contribution in [0.15, 0.2) is 46.9 Å². The van der Waals surface area contributed by atoms with E-state index in [1.165, 1.54) is 11.3 Å². The number of carbonyl (C=O) groups is 1. The number of hydrogen-bond donors (Lipinski definition) is 1. The van der Waals surface area contributed by atoms with Crippen LogP contribution in [0, 0.1) is 0 Å². The van der Waals surface area contributed by atoms with E-state index >= 15 is 0 Å². The first-order valence-corrected chi connectivity index (χ1v) is 6.72. The van der Waals surface area contributed by atoms with Gasteiger partial charge in [-0.25, -0.2) is 4.79 Å². The summed E-state index contributed by atoms with van der Waals surface area (Å²) in [5.41, 5.74) is 6.63. The molecule has 0 bridgehead atoms. The van der Waals surface area contributed by atoms with Gasteiger partial charge in [-0.15, -0.1) is 11.3 Å². The Kier molecular flexibility index (Phi) is 4.54. The molecule has 0 spiro atoms. The van der Waals surface area contributed by atoms with E-state index in [2.05, 4.69) is 5.16 Å². The zero-order valence-corrected chi connectivity index (χ0v) is 11.4. The van der Waals surface area contributed by atoms with Gasteiger partial charge in [0.1, 0.15) is 10.7 Å². The van der Waals surface area contributed by atoms with E-state index in [0.29, 0.717) is 16.3 Å². The molecule has 0 aliphatic heterocycles. The third kappa shape index (κ3) is 4.08. The number of oxime groups is 1. The van der Waals surface area contributed by atoms with Gasteiger partial charge in [0.05, 0.1) is 0 Å². The van der Waals surface area contributed by atoms with Crippen LogP contribution in [-0.2, 0) is 11.3 Å². The predicted molar refractivity (Wildman–Crippen MR) is 76.5 cm³/mol. The third-order valence-corrected chi connectivity index (χ3v) is 3.37. The number of benzene rings is 1. The molecule has 0 saturated heterocycles. The molecule has 0 aliphatic rings. The molecule has 0 atom stereocenters. The van der Waals surface area contributed by atoms with Crippen LogP contribution in [0.2, 0.25) is 5.02 Å². The Labute approximate surface area is 119 Å². The molecule has 1 aromatic carbocycles. The highest BCUT2D eigenvalue weighted by Crippen LogP contribution is 2.11.